The lowest BCUT2D eigenvalue weighted by Gasteiger charge is -2.22. The second kappa shape index (κ2) is 5.89. The molecule has 2 rings (SSSR count). The first-order valence-corrected chi connectivity index (χ1v) is 7.26. The minimum atomic E-state index is 0.444. The van der Waals surface area contributed by atoms with E-state index in [0.717, 1.165) is 13.1 Å². The third kappa shape index (κ3) is 3.24. The number of fused-ring (bicyclic) bond motifs is 1. The summed E-state index contributed by atoms with van der Waals surface area (Å²) in [6, 6.07) is 9.16. The number of hydrogen-bond acceptors (Lipinski definition) is 3. The molecule has 2 atom stereocenters. The zero-order valence-corrected chi connectivity index (χ0v) is 11.5. The summed E-state index contributed by atoms with van der Waals surface area (Å²) in [4.78, 5) is 1.45. The molecule has 1 aliphatic heterocycles. The van der Waals surface area contributed by atoms with Crippen LogP contribution in [-0.4, -0.2) is 24.4 Å². The molecular weight excluding hydrogens is 228 g/mol. The molecular formula is C14H22N2S. The Morgan fingerprint density at radius 2 is 2.18 bits per heavy atom. The van der Waals surface area contributed by atoms with Crippen LogP contribution in [0.3, 0.4) is 0 Å². The highest BCUT2D eigenvalue weighted by molar-refractivity contribution is 8.00. The largest absolute Gasteiger partial charge is 0.329 e. The van der Waals surface area contributed by atoms with Gasteiger partial charge in [0.25, 0.3) is 0 Å². The first kappa shape index (κ1) is 12.9. The van der Waals surface area contributed by atoms with Crippen molar-refractivity contribution in [1.82, 2.24) is 5.32 Å². The fraction of sp³-hybridized carbons (Fsp3) is 0.571. The summed E-state index contributed by atoms with van der Waals surface area (Å²) in [5.41, 5.74) is 7.27. The van der Waals surface area contributed by atoms with Gasteiger partial charge < -0.3 is 11.1 Å². The first-order valence-electron chi connectivity index (χ1n) is 6.38. The Balaban J connectivity index is 1.84. The molecule has 94 valence electrons. The minimum Gasteiger partial charge on any atom is -0.329 e. The van der Waals surface area contributed by atoms with Crippen molar-refractivity contribution in [3.8, 4) is 0 Å². The Morgan fingerprint density at radius 3 is 2.82 bits per heavy atom. The Morgan fingerprint density at radius 1 is 1.41 bits per heavy atom. The van der Waals surface area contributed by atoms with Crippen LogP contribution in [-0.2, 0) is 6.42 Å². The van der Waals surface area contributed by atoms with Crippen LogP contribution in [0.1, 0.15) is 19.4 Å². The van der Waals surface area contributed by atoms with Crippen molar-refractivity contribution < 1.29 is 0 Å². The molecule has 2 unspecified atom stereocenters. The first-order chi connectivity index (χ1) is 8.20. The minimum absolute atomic E-state index is 0.444. The van der Waals surface area contributed by atoms with Crippen LogP contribution in [0.15, 0.2) is 29.2 Å². The van der Waals surface area contributed by atoms with Crippen LogP contribution in [0.5, 0.6) is 0 Å². The Bertz CT molecular complexity index is 340. The van der Waals surface area contributed by atoms with E-state index < -0.39 is 0 Å². The molecule has 0 aliphatic carbocycles. The van der Waals surface area contributed by atoms with E-state index >= 15 is 0 Å². The van der Waals surface area contributed by atoms with Crippen molar-refractivity contribution in [1.29, 1.82) is 0 Å². The van der Waals surface area contributed by atoms with Crippen LogP contribution >= 0.6 is 11.8 Å². The van der Waals surface area contributed by atoms with Gasteiger partial charge in [-0.25, -0.2) is 0 Å². The van der Waals surface area contributed by atoms with E-state index in [1.165, 1.54) is 16.9 Å². The summed E-state index contributed by atoms with van der Waals surface area (Å²) in [5, 5.41) is 4.27. The molecule has 1 aliphatic rings. The summed E-state index contributed by atoms with van der Waals surface area (Å²) in [5.74, 6) is 0.605. The average Bonchev–Trinajstić information content (AvgIpc) is 2.71. The monoisotopic (exact) mass is 250 g/mol. The van der Waals surface area contributed by atoms with Crippen LogP contribution in [0.25, 0.3) is 0 Å². The fourth-order valence-corrected chi connectivity index (χ4v) is 3.50. The van der Waals surface area contributed by atoms with Crippen molar-refractivity contribution in [3.05, 3.63) is 29.8 Å². The number of benzene rings is 1. The normalized spacial score (nSPS) is 20.6. The molecule has 17 heavy (non-hydrogen) atoms. The van der Waals surface area contributed by atoms with Crippen molar-refractivity contribution in [2.24, 2.45) is 11.7 Å². The lowest BCUT2D eigenvalue weighted by atomic mass is 10.0. The molecule has 0 radical (unpaired) electrons. The van der Waals surface area contributed by atoms with E-state index in [-0.39, 0.29) is 0 Å². The summed E-state index contributed by atoms with van der Waals surface area (Å²) in [6.45, 7) is 6.23. The summed E-state index contributed by atoms with van der Waals surface area (Å²) in [7, 11) is 0. The van der Waals surface area contributed by atoms with E-state index in [1.807, 2.05) is 11.8 Å². The SMILES string of the molecule is CC(C)C(CN)NCC1Cc2ccccc2S1. The van der Waals surface area contributed by atoms with Gasteiger partial charge in [0.1, 0.15) is 0 Å². The number of nitrogens with one attached hydrogen (secondary N) is 1. The molecule has 2 nitrogen and oxygen atoms in total. The van der Waals surface area contributed by atoms with Crippen molar-refractivity contribution in [3.63, 3.8) is 0 Å². The zero-order valence-electron chi connectivity index (χ0n) is 10.6. The van der Waals surface area contributed by atoms with Crippen molar-refractivity contribution >= 4 is 11.8 Å². The fourth-order valence-electron chi connectivity index (χ4n) is 2.24. The topological polar surface area (TPSA) is 38.0 Å². The van der Waals surface area contributed by atoms with Gasteiger partial charge in [-0.05, 0) is 24.0 Å². The quantitative estimate of drug-likeness (QED) is 0.842. The molecule has 0 aromatic heterocycles. The Kier molecular flexibility index (Phi) is 4.48. The second-order valence-electron chi connectivity index (χ2n) is 5.05. The van der Waals surface area contributed by atoms with Crippen molar-refractivity contribution in [2.45, 2.75) is 36.5 Å². The maximum atomic E-state index is 5.77. The molecule has 3 N–H and O–H groups in total. The van der Waals surface area contributed by atoms with Gasteiger partial charge in [0, 0.05) is 29.3 Å². The van der Waals surface area contributed by atoms with Crippen molar-refractivity contribution in [2.75, 3.05) is 13.1 Å². The lowest BCUT2D eigenvalue weighted by molar-refractivity contribution is 0.407. The molecule has 1 aromatic carbocycles. The zero-order chi connectivity index (χ0) is 12.3. The molecule has 3 heteroatoms. The van der Waals surface area contributed by atoms with Crippen LogP contribution in [0.4, 0.5) is 0 Å². The van der Waals surface area contributed by atoms with Gasteiger partial charge in [0.05, 0.1) is 0 Å². The van der Waals surface area contributed by atoms with Gasteiger partial charge in [-0.1, -0.05) is 32.0 Å². The van der Waals surface area contributed by atoms with Crippen LogP contribution < -0.4 is 11.1 Å². The van der Waals surface area contributed by atoms with Crippen LogP contribution in [0.2, 0.25) is 0 Å². The third-order valence-corrected chi connectivity index (χ3v) is 4.70. The third-order valence-electron chi connectivity index (χ3n) is 3.38. The standard InChI is InChI=1S/C14H22N2S/c1-10(2)13(8-15)16-9-12-7-11-5-3-4-6-14(11)17-12/h3-6,10,12-13,16H,7-9,15H2,1-2H3. The smallest absolute Gasteiger partial charge is 0.0260 e. The van der Waals surface area contributed by atoms with Gasteiger partial charge >= 0.3 is 0 Å². The highest BCUT2D eigenvalue weighted by atomic mass is 32.2. The summed E-state index contributed by atoms with van der Waals surface area (Å²) in [6.07, 6.45) is 1.18. The lowest BCUT2D eigenvalue weighted by Crippen LogP contribution is -2.43. The summed E-state index contributed by atoms with van der Waals surface area (Å²) < 4.78 is 0. The predicted molar refractivity (Wildman–Crippen MR) is 75.5 cm³/mol. The van der Waals surface area contributed by atoms with E-state index in [1.54, 1.807) is 0 Å². The van der Waals surface area contributed by atoms with Gasteiger partial charge in [-0.2, -0.15) is 0 Å². The Labute approximate surface area is 108 Å². The number of nitrogens with two attached hydrogens (primary N) is 1. The maximum absolute atomic E-state index is 5.77. The molecule has 0 spiro atoms. The van der Waals surface area contributed by atoms with Gasteiger partial charge in [0.15, 0.2) is 0 Å². The predicted octanol–water partition coefficient (Wildman–Crippen LogP) is 2.28. The van der Waals surface area contributed by atoms with Gasteiger partial charge in [-0.15, -0.1) is 11.8 Å². The Hall–Kier alpha value is -0.510. The number of rotatable bonds is 5. The van der Waals surface area contributed by atoms with E-state index in [4.69, 9.17) is 5.73 Å². The van der Waals surface area contributed by atoms with E-state index in [2.05, 4.69) is 43.4 Å². The van der Waals surface area contributed by atoms with Gasteiger partial charge in [0.2, 0.25) is 0 Å². The van der Waals surface area contributed by atoms with E-state index in [9.17, 15) is 0 Å². The molecule has 0 saturated heterocycles. The number of thioether (sulfide) groups is 1. The summed E-state index contributed by atoms with van der Waals surface area (Å²) >= 11 is 2.00. The highest BCUT2D eigenvalue weighted by Gasteiger charge is 2.22. The number of hydrogen-bond donors (Lipinski definition) is 2. The second-order valence-corrected chi connectivity index (χ2v) is 6.39. The van der Waals surface area contributed by atoms with E-state index in [0.29, 0.717) is 17.2 Å². The molecule has 1 heterocycles. The average molecular weight is 250 g/mol. The molecule has 1 aromatic rings. The molecule has 0 fully saturated rings. The molecule has 0 saturated carbocycles. The maximum Gasteiger partial charge on any atom is 0.0260 e. The highest BCUT2D eigenvalue weighted by Crippen LogP contribution is 2.36. The van der Waals surface area contributed by atoms with Crippen LogP contribution in [0, 0.1) is 5.92 Å². The molecule has 0 bridgehead atoms. The molecule has 0 amide bonds. The van der Waals surface area contributed by atoms with Gasteiger partial charge in [-0.3, -0.25) is 0 Å².